The molecule has 0 radical (unpaired) electrons. The molecule has 166 valence electrons. The minimum absolute atomic E-state index is 0.0267. The van der Waals surface area contributed by atoms with Crippen molar-refractivity contribution in [2.45, 2.75) is 39.0 Å². The van der Waals surface area contributed by atoms with Gasteiger partial charge in [-0.3, -0.25) is 0 Å². The van der Waals surface area contributed by atoms with Crippen molar-refractivity contribution in [2.75, 3.05) is 0 Å². The van der Waals surface area contributed by atoms with Crippen LogP contribution in [0.1, 0.15) is 50.3 Å². The molecule has 0 spiro atoms. The van der Waals surface area contributed by atoms with E-state index in [0.29, 0.717) is 5.92 Å². The Morgan fingerprint density at radius 2 is 1.09 bits per heavy atom. The molecule has 0 atom stereocenters. The topological polar surface area (TPSA) is 0 Å². The Morgan fingerprint density at radius 1 is 0.500 bits per heavy atom. The third-order valence-corrected chi connectivity index (χ3v) is 7.69. The Labute approximate surface area is 202 Å². The molecule has 5 aromatic carbocycles. The van der Waals surface area contributed by atoms with E-state index in [4.69, 9.17) is 0 Å². The highest BCUT2D eigenvalue weighted by Gasteiger charge is 2.35. The summed E-state index contributed by atoms with van der Waals surface area (Å²) in [6, 6.07) is 38.3. The van der Waals surface area contributed by atoms with Crippen molar-refractivity contribution in [2.24, 2.45) is 0 Å². The Morgan fingerprint density at radius 3 is 1.85 bits per heavy atom. The highest BCUT2D eigenvalue weighted by atomic mass is 14.4. The Bertz CT molecular complexity index is 1530. The lowest BCUT2D eigenvalue weighted by Gasteiger charge is -2.22. The summed E-state index contributed by atoms with van der Waals surface area (Å²) in [4.78, 5) is 0. The third kappa shape index (κ3) is 3.13. The molecule has 6 rings (SSSR count). The van der Waals surface area contributed by atoms with Crippen LogP contribution in [0.25, 0.3) is 44.2 Å². The summed E-state index contributed by atoms with van der Waals surface area (Å²) in [6.07, 6.45) is 0. The molecule has 0 aromatic heterocycles. The van der Waals surface area contributed by atoms with Crippen molar-refractivity contribution in [1.29, 1.82) is 0 Å². The molecule has 0 fully saturated rings. The molecule has 0 unspecified atom stereocenters. The molecular formula is C34H30. The summed E-state index contributed by atoms with van der Waals surface area (Å²) >= 11 is 0. The van der Waals surface area contributed by atoms with E-state index < -0.39 is 0 Å². The molecule has 1 aliphatic rings. The average Bonchev–Trinajstić information content (AvgIpc) is 3.10. The quantitative estimate of drug-likeness (QED) is 0.263. The van der Waals surface area contributed by atoms with Crippen LogP contribution >= 0.6 is 0 Å². The number of hydrogen-bond acceptors (Lipinski definition) is 0. The highest BCUT2D eigenvalue weighted by molar-refractivity contribution is 5.99. The molecule has 0 nitrogen and oxygen atoms in total. The predicted molar refractivity (Wildman–Crippen MR) is 146 cm³/mol. The molecule has 0 amide bonds. The zero-order valence-corrected chi connectivity index (χ0v) is 20.4. The normalized spacial score (nSPS) is 13.8. The molecule has 0 heteroatoms. The zero-order valence-electron chi connectivity index (χ0n) is 20.4. The van der Waals surface area contributed by atoms with Gasteiger partial charge in [0.15, 0.2) is 0 Å². The van der Waals surface area contributed by atoms with Crippen LogP contribution in [-0.4, -0.2) is 0 Å². The van der Waals surface area contributed by atoms with Gasteiger partial charge < -0.3 is 0 Å². The second-order valence-electron chi connectivity index (χ2n) is 10.4. The largest absolute Gasteiger partial charge is 0.0619 e. The van der Waals surface area contributed by atoms with Crippen LogP contribution in [0.3, 0.4) is 0 Å². The lowest BCUT2D eigenvalue weighted by molar-refractivity contribution is 0.660. The van der Waals surface area contributed by atoms with Crippen LogP contribution in [-0.2, 0) is 5.41 Å². The van der Waals surface area contributed by atoms with E-state index >= 15 is 0 Å². The van der Waals surface area contributed by atoms with Crippen LogP contribution < -0.4 is 0 Å². The fourth-order valence-electron chi connectivity index (χ4n) is 5.80. The van der Waals surface area contributed by atoms with Gasteiger partial charge in [-0.05, 0) is 72.8 Å². The minimum Gasteiger partial charge on any atom is -0.0619 e. The lowest BCUT2D eigenvalue weighted by atomic mass is 9.81. The molecule has 0 saturated carbocycles. The number of rotatable bonds is 3. The summed E-state index contributed by atoms with van der Waals surface area (Å²) in [6.45, 7) is 9.23. The van der Waals surface area contributed by atoms with Crippen LogP contribution in [0.15, 0.2) is 103 Å². The first-order valence-corrected chi connectivity index (χ1v) is 12.3. The average molecular weight is 439 g/mol. The van der Waals surface area contributed by atoms with E-state index in [2.05, 4.69) is 131 Å². The van der Waals surface area contributed by atoms with Gasteiger partial charge in [-0.15, -0.1) is 0 Å². The Kier molecular flexibility index (Phi) is 4.74. The van der Waals surface area contributed by atoms with E-state index in [9.17, 15) is 0 Å². The molecule has 34 heavy (non-hydrogen) atoms. The first kappa shape index (κ1) is 20.9. The maximum Gasteiger partial charge on any atom is 0.0159 e. The highest BCUT2D eigenvalue weighted by Crippen LogP contribution is 2.49. The first-order chi connectivity index (χ1) is 16.4. The summed E-state index contributed by atoms with van der Waals surface area (Å²) in [5.74, 6) is 0.511. The van der Waals surface area contributed by atoms with Gasteiger partial charge >= 0.3 is 0 Å². The second-order valence-corrected chi connectivity index (χ2v) is 10.4. The number of hydrogen-bond donors (Lipinski definition) is 0. The molecule has 0 heterocycles. The fraction of sp³-hybridized carbons (Fsp3) is 0.176. The zero-order chi connectivity index (χ0) is 23.4. The standard InChI is InChI=1S/C34H30/c1-22(2)26-19-20-27(29-10-6-5-9-28(26)29)24-15-13-23(14-16-24)25-17-18-31-30-11-7-8-12-32(30)34(3,4)33(31)21-25/h5-22H,1-4H3. The monoisotopic (exact) mass is 438 g/mol. The fourth-order valence-corrected chi connectivity index (χ4v) is 5.80. The van der Waals surface area contributed by atoms with Crippen LogP contribution in [0.5, 0.6) is 0 Å². The van der Waals surface area contributed by atoms with Crippen molar-refractivity contribution in [3.05, 3.63) is 120 Å². The molecule has 0 N–H and O–H groups in total. The van der Waals surface area contributed by atoms with Gasteiger partial charge in [0.05, 0.1) is 0 Å². The minimum atomic E-state index is 0.0267. The van der Waals surface area contributed by atoms with Crippen molar-refractivity contribution in [1.82, 2.24) is 0 Å². The number of benzene rings is 5. The van der Waals surface area contributed by atoms with Crippen LogP contribution in [0.4, 0.5) is 0 Å². The van der Waals surface area contributed by atoms with Gasteiger partial charge in [-0.1, -0.05) is 125 Å². The predicted octanol–water partition coefficient (Wildman–Crippen LogP) is 9.60. The smallest absolute Gasteiger partial charge is 0.0159 e. The van der Waals surface area contributed by atoms with Gasteiger partial charge in [0.2, 0.25) is 0 Å². The molecule has 1 aliphatic carbocycles. The molecule has 0 bridgehead atoms. The van der Waals surface area contributed by atoms with E-state index in [-0.39, 0.29) is 5.41 Å². The maximum atomic E-state index is 2.40. The van der Waals surface area contributed by atoms with Crippen LogP contribution in [0, 0.1) is 0 Å². The number of fused-ring (bicyclic) bond motifs is 4. The molecule has 5 aromatic rings. The summed E-state index contributed by atoms with van der Waals surface area (Å²) in [5.41, 5.74) is 12.2. The van der Waals surface area contributed by atoms with E-state index in [0.717, 1.165) is 0 Å². The van der Waals surface area contributed by atoms with E-state index in [1.54, 1.807) is 0 Å². The van der Waals surface area contributed by atoms with Crippen molar-refractivity contribution < 1.29 is 0 Å². The Balaban J connectivity index is 1.40. The second kappa shape index (κ2) is 7.71. The van der Waals surface area contributed by atoms with Gasteiger partial charge in [-0.25, -0.2) is 0 Å². The first-order valence-electron chi connectivity index (χ1n) is 12.3. The van der Waals surface area contributed by atoms with Crippen molar-refractivity contribution in [3.63, 3.8) is 0 Å². The third-order valence-electron chi connectivity index (χ3n) is 7.69. The van der Waals surface area contributed by atoms with Gasteiger partial charge in [0, 0.05) is 5.41 Å². The van der Waals surface area contributed by atoms with Crippen molar-refractivity contribution >= 4 is 10.8 Å². The van der Waals surface area contributed by atoms with Gasteiger partial charge in [0.25, 0.3) is 0 Å². The van der Waals surface area contributed by atoms with E-state index in [1.165, 1.54) is 60.8 Å². The maximum absolute atomic E-state index is 2.40. The van der Waals surface area contributed by atoms with E-state index in [1.807, 2.05) is 0 Å². The molecular weight excluding hydrogens is 408 g/mol. The van der Waals surface area contributed by atoms with Gasteiger partial charge in [0.1, 0.15) is 0 Å². The Hall–Kier alpha value is -3.64. The molecule has 0 aliphatic heterocycles. The molecule has 0 saturated heterocycles. The van der Waals surface area contributed by atoms with Crippen LogP contribution in [0.2, 0.25) is 0 Å². The van der Waals surface area contributed by atoms with Crippen molar-refractivity contribution in [3.8, 4) is 33.4 Å². The lowest BCUT2D eigenvalue weighted by Crippen LogP contribution is -2.14. The summed E-state index contributed by atoms with van der Waals surface area (Å²) in [5, 5.41) is 2.69. The summed E-state index contributed by atoms with van der Waals surface area (Å²) in [7, 11) is 0. The SMILES string of the molecule is CC(C)c1ccc(-c2ccc(-c3ccc4c(c3)C(C)(C)c3ccccc3-4)cc2)c2ccccc12. The summed E-state index contributed by atoms with van der Waals surface area (Å²) < 4.78 is 0. The van der Waals surface area contributed by atoms with Gasteiger partial charge in [-0.2, -0.15) is 0 Å².